The lowest BCUT2D eigenvalue weighted by Crippen LogP contribution is -2.48. The van der Waals surface area contributed by atoms with Crippen LogP contribution in [0.2, 0.25) is 0 Å². The predicted molar refractivity (Wildman–Crippen MR) is 135 cm³/mol. The van der Waals surface area contributed by atoms with E-state index in [4.69, 9.17) is 0 Å². The highest BCUT2D eigenvalue weighted by Gasteiger charge is 2.34. The summed E-state index contributed by atoms with van der Waals surface area (Å²) in [6.45, 7) is 6.72. The Hall–Kier alpha value is -3.18. The normalized spacial score (nSPS) is 15.6. The van der Waals surface area contributed by atoms with Gasteiger partial charge in [-0.05, 0) is 67.0 Å². The molecule has 0 fully saturated rings. The third kappa shape index (κ3) is 5.09. The van der Waals surface area contributed by atoms with E-state index in [9.17, 15) is 9.59 Å². The van der Waals surface area contributed by atoms with Crippen molar-refractivity contribution in [2.75, 3.05) is 13.1 Å². The number of rotatable bonds is 6. The van der Waals surface area contributed by atoms with E-state index >= 15 is 0 Å². The lowest BCUT2D eigenvalue weighted by atomic mass is 9.90. The molecule has 2 amide bonds. The van der Waals surface area contributed by atoms with E-state index in [0.717, 1.165) is 17.5 Å². The summed E-state index contributed by atoms with van der Waals surface area (Å²) in [6.07, 6.45) is 4.22. The smallest absolute Gasteiger partial charge is 0.247 e. The van der Waals surface area contributed by atoms with Crippen molar-refractivity contribution in [1.29, 1.82) is 0 Å². The molecule has 5 heteroatoms. The van der Waals surface area contributed by atoms with E-state index < -0.39 is 0 Å². The average molecular weight is 459 g/mol. The monoisotopic (exact) mass is 458 g/mol. The van der Waals surface area contributed by atoms with Crippen LogP contribution < -0.4 is 0 Å². The van der Waals surface area contributed by atoms with Gasteiger partial charge in [0.05, 0.1) is 6.04 Å². The summed E-state index contributed by atoms with van der Waals surface area (Å²) in [5, 5.41) is 2.11. The quantitative estimate of drug-likeness (QED) is 0.459. The molecule has 170 valence electrons. The van der Waals surface area contributed by atoms with Crippen molar-refractivity contribution < 1.29 is 9.59 Å². The van der Waals surface area contributed by atoms with Crippen LogP contribution in [0, 0.1) is 6.92 Å². The van der Waals surface area contributed by atoms with Crippen LogP contribution in [0.1, 0.15) is 47.0 Å². The van der Waals surface area contributed by atoms with Crippen LogP contribution >= 0.6 is 11.3 Å². The van der Waals surface area contributed by atoms with Gasteiger partial charge in [-0.15, -0.1) is 11.3 Å². The van der Waals surface area contributed by atoms with Gasteiger partial charge < -0.3 is 9.80 Å². The van der Waals surface area contributed by atoms with E-state index in [1.807, 2.05) is 61.2 Å². The number of amides is 2. The molecule has 0 N–H and O–H groups in total. The molecule has 0 saturated carbocycles. The molecular weight excluding hydrogens is 428 g/mol. The van der Waals surface area contributed by atoms with Crippen molar-refractivity contribution in [3.8, 4) is 0 Å². The number of thiophene rings is 1. The fraction of sp³-hybridized carbons (Fsp3) is 0.286. The molecule has 33 heavy (non-hydrogen) atoms. The van der Waals surface area contributed by atoms with Crippen molar-refractivity contribution in [2.45, 2.75) is 39.3 Å². The molecule has 2 aromatic carbocycles. The minimum Gasteiger partial charge on any atom is -0.330 e. The molecule has 3 aromatic rings. The number of carbonyl (C=O) groups excluding carboxylic acids is 2. The summed E-state index contributed by atoms with van der Waals surface area (Å²) in [5.74, 6) is -0.168. The Labute approximate surface area is 200 Å². The molecule has 2 heterocycles. The van der Waals surface area contributed by atoms with Gasteiger partial charge in [-0.3, -0.25) is 9.59 Å². The highest BCUT2D eigenvalue weighted by Crippen LogP contribution is 2.39. The van der Waals surface area contributed by atoms with Gasteiger partial charge in [0.2, 0.25) is 11.8 Å². The van der Waals surface area contributed by atoms with Gasteiger partial charge in [-0.2, -0.15) is 0 Å². The summed E-state index contributed by atoms with van der Waals surface area (Å²) < 4.78 is 0. The third-order valence-corrected chi connectivity index (χ3v) is 7.20. The molecule has 1 aromatic heterocycles. The first-order chi connectivity index (χ1) is 16.0. The maximum Gasteiger partial charge on any atom is 0.247 e. The van der Waals surface area contributed by atoms with Crippen LogP contribution in [0.5, 0.6) is 0 Å². The molecule has 1 aliphatic heterocycles. The van der Waals surface area contributed by atoms with E-state index in [-0.39, 0.29) is 30.4 Å². The fourth-order valence-electron chi connectivity index (χ4n) is 4.39. The first kappa shape index (κ1) is 23.0. The van der Waals surface area contributed by atoms with Crippen molar-refractivity contribution in [3.63, 3.8) is 0 Å². The standard InChI is InChI=1S/C28H30N2O2S/c1-20(2)30(26(31)14-13-22-10-5-4-6-11-22)19-27(32)29-17-15-25-24(16-18-33-25)28(29)23-12-8-7-9-21(23)3/h4-14,16,18,20,28H,15,17,19H2,1-3H3. The Bertz CT molecular complexity index is 1150. The summed E-state index contributed by atoms with van der Waals surface area (Å²) in [4.78, 5) is 31.6. The number of aryl methyl sites for hydroxylation is 1. The minimum absolute atomic E-state index is 0.0183. The van der Waals surface area contributed by atoms with Crippen LogP contribution in [-0.4, -0.2) is 40.7 Å². The lowest BCUT2D eigenvalue weighted by molar-refractivity contribution is -0.140. The summed E-state index contributed by atoms with van der Waals surface area (Å²) in [6, 6.07) is 19.9. The highest BCUT2D eigenvalue weighted by atomic mass is 32.1. The van der Waals surface area contributed by atoms with Crippen molar-refractivity contribution in [2.24, 2.45) is 0 Å². The Kier molecular flexibility index (Phi) is 7.09. The van der Waals surface area contributed by atoms with Gasteiger partial charge in [0.1, 0.15) is 6.54 Å². The van der Waals surface area contributed by atoms with Gasteiger partial charge >= 0.3 is 0 Å². The SMILES string of the molecule is Cc1ccccc1C1c2ccsc2CCN1C(=O)CN(C(=O)C=Cc1ccccc1)C(C)C. The van der Waals surface area contributed by atoms with Crippen molar-refractivity contribution >= 4 is 29.2 Å². The first-order valence-electron chi connectivity index (χ1n) is 11.4. The number of carbonyl (C=O) groups is 2. The zero-order valence-electron chi connectivity index (χ0n) is 19.4. The molecule has 0 radical (unpaired) electrons. The largest absolute Gasteiger partial charge is 0.330 e. The predicted octanol–water partition coefficient (Wildman–Crippen LogP) is 5.48. The first-order valence-corrected chi connectivity index (χ1v) is 12.3. The topological polar surface area (TPSA) is 40.6 Å². The van der Waals surface area contributed by atoms with Gasteiger partial charge in [-0.1, -0.05) is 54.6 Å². The van der Waals surface area contributed by atoms with Crippen LogP contribution in [0.15, 0.2) is 72.1 Å². The maximum atomic E-state index is 13.6. The molecule has 1 atom stereocenters. The van der Waals surface area contributed by atoms with Gasteiger partial charge in [0.25, 0.3) is 0 Å². The van der Waals surface area contributed by atoms with E-state index in [0.29, 0.717) is 6.54 Å². The van der Waals surface area contributed by atoms with Gasteiger partial charge in [-0.25, -0.2) is 0 Å². The lowest BCUT2D eigenvalue weighted by Gasteiger charge is -2.38. The molecule has 4 rings (SSSR count). The van der Waals surface area contributed by atoms with E-state index in [2.05, 4.69) is 30.5 Å². The second-order valence-corrected chi connectivity index (χ2v) is 9.70. The zero-order valence-corrected chi connectivity index (χ0v) is 20.2. The van der Waals surface area contributed by atoms with E-state index in [1.54, 1.807) is 28.4 Å². The van der Waals surface area contributed by atoms with Crippen LogP contribution in [0.3, 0.4) is 0 Å². The molecule has 0 bridgehead atoms. The summed E-state index contributed by atoms with van der Waals surface area (Å²) in [7, 11) is 0. The van der Waals surface area contributed by atoms with Gasteiger partial charge in [0.15, 0.2) is 0 Å². The summed E-state index contributed by atoms with van der Waals surface area (Å²) in [5.41, 5.74) is 4.49. The second-order valence-electron chi connectivity index (χ2n) is 8.70. The number of nitrogens with zero attached hydrogens (tertiary/aromatic N) is 2. The molecular formula is C28H30N2O2S. The summed E-state index contributed by atoms with van der Waals surface area (Å²) >= 11 is 1.76. The molecule has 0 saturated heterocycles. The van der Waals surface area contributed by atoms with Crippen LogP contribution in [-0.2, 0) is 16.0 Å². The Morgan fingerprint density at radius 1 is 1.06 bits per heavy atom. The second kappa shape index (κ2) is 10.2. The zero-order chi connectivity index (χ0) is 23.4. The molecule has 0 aliphatic carbocycles. The van der Waals surface area contributed by atoms with Crippen LogP contribution in [0.4, 0.5) is 0 Å². The maximum absolute atomic E-state index is 13.6. The van der Waals surface area contributed by atoms with Gasteiger partial charge in [0, 0.05) is 23.5 Å². The Balaban J connectivity index is 1.58. The highest BCUT2D eigenvalue weighted by molar-refractivity contribution is 7.10. The average Bonchev–Trinajstić information content (AvgIpc) is 3.30. The molecule has 1 aliphatic rings. The fourth-order valence-corrected chi connectivity index (χ4v) is 5.30. The number of hydrogen-bond acceptors (Lipinski definition) is 3. The number of hydrogen-bond donors (Lipinski definition) is 0. The van der Waals surface area contributed by atoms with E-state index in [1.165, 1.54) is 16.0 Å². The Morgan fingerprint density at radius 3 is 2.52 bits per heavy atom. The van der Waals surface area contributed by atoms with Crippen LogP contribution in [0.25, 0.3) is 6.08 Å². The third-order valence-electron chi connectivity index (χ3n) is 6.20. The van der Waals surface area contributed by atoms with Crippen molar-refractivity contribution in [1.82, 2.24) is 9.80 Å². The number of benzene rings is 2. The number of fused-ring (bicyclic) bond motifs is 1. The minimum atomic E-state index is -0.150. The molecule has 0 spiro atoms. The molecule has 4 nitrogen and oxygen atoms in total. The van der Waals surface area contributed by atoms with Crippen molar-refractivity contribution in [3.05, 3.63) is 99.3 Å². The Morgan fingerprint density at radius 2 is 1.79 bits per heavy atom. The molecule has 1 unspecified atom stereocenters.